The van der Waals surface area contributed by atoms with Gasteiger partial charge in [0.1, 0.15) is 6.54 Å². The third-order valence-electron chi connectivity index (χ3n) is 5.28. The van der Waals surface area contributed by atoms with Crippen LogP contribution in [0.3, 0.4) is 0 Å². The van der Waals surface area contributed by atoms with E-state index in [1.807, 2.05) is 0 Å². The Bertz CT molecular complexity index is 866. The first-order valence-corrected chi connectivity index (χ1v) is 10.3. The Labute approximate surface area is 164 Å². The van der Waals surface area contributed by atoms with E-state index in [9.17, 15) is 0 Å². The van der Waals surface area contributed by atoms with E-state index in [0.29, 0.717) is 0 Å². The molecule has 3 rings (SSSR count). The van der Waals surface area contributed by atoms with Gasteiger partial charge in [-0.3, -0.25) is 0 Å². The fourth-order valence-electron chi connectivity index (χ4n) is 3.62. The quantitative estimate of drug-likeness (QED) is 0.370. The number of nitrogens with zero attached hydrogens (tertiary/aromatic N) is 2. The predicted octanol–water partition coefficient (Wildman–Crippen LogP) is 5.51. The second kappa shape index (κ2) is 9.45. The number of benzene rings is 1. The molecule has 2 heterocycles. The number of unbranched alkanes of at least 4 members (excludes halogenated alkanes) is 4. The van der Waals surface area contributed by atoms with E-state index in [1.54, 1.807) is 0 Å². The lowest BCUT2D eigenvalue weighted by Gasteiger charge is -2.06. The lowest BCUT2D eigenvalue weighted by molar-refractivity contribution is -0.697. The number of para-hydroxylation sites is 1. The van der Waals surface area contributed by atoms with Gasteiger partial charge in [0.25, 0.3) is 0 Å². The van der Waals surface area contributed by atoms with Crippen molar-refractivity contribution in [3.05, 3.63) is 78.4 Å². The van der Waals surface area contributed by atoms with E-state index in [0.717, 1.165) is 6.54 Å². The number of hydrogen-bond acceptors (Lipinski definition) is 0. The molecule has 0 saturated heterocycles. The Morgan fingerprint density at radius 1 is 0.741 bits per heavy atom. The largest absolute Gasteiger partial charge is 0.213 e. The van der Waals surface area contributed by atoms with Gasteiger partial charge in [-0.1, -0.05) is 44.4 Å². The lowest BCUT2D eigenvalue weighted by atomic mass is 10.0. The topological polar surface area (TPSA) is 7.76 Å². The van der Waals surface area contributed by atoms with Crippen molar-refractivity contribution in [1.29, 1.82) is 0 Å². The van der Waals surface area contributed by atoms with Gasteiger partial charge in [0.05, 0.1) is 0 Å². The third-order valence-corrected chi connectivity index (χ3v) is 5.28. The summed E-state index contributed by atoms with van der Waals surface area (Å²) in [7, 11) is 0. The van der Waals surface area contributed by atoms with Crippen molar-refractivity contribution in [2.75, 3.05) is 0 Å². The van der Waals surface area contributed by atoms with Gasteiger partial charge < -0.3 is 0 Å². The second-order valence-electron chi connectivity index (χ2n) is 7.47. The van der Waals surface area contributed by atoms with E-state index in [1.165, 1.54) is 60.0 Å². The van der Waals surface area contributed by atoms with Crippen molar-refractivity contribution in [2.45, 2.75) is 59.4 Å². The van der Waals surface area contributed by atoms with Gasteiger partial charge in [-0.15, -0.1) is 0 Å². The zero-order chi connectivity index (χ0) is 19.1. The molecule has 0 atom stereocenters. The zero-order valence-electron chi connectivity index (χ0n) is 17.0. The van der Waals surface area contributed by atoms with E-state index >= 15 is 0 Å². The number of aromatic nitrogens is 2. The summed E-state index contributed by atoms with van der Waals surface area (Å²) < 4.78 is 4.52. The summed E-state index contributed by atoms with van der Waals surface area (Å²) in [5.74, 6) is 0. The summed E-state index contributed by atoms with van der Waals surface area (Å²) in [6, 6.07) is 15.2. The molecule has 0 N–H and O–H groups in total. The first kappa shape index (κ1) is 19.3. The molecule has 0 aliphatic carbocycles. The van der Waals surface area contributed by atoms with Crippen LogP contribution < -0.4 is 9.13 Å². The van der Waals surface area contributed by atoms with E-state index in [2.05, 4.69) is 97.2 Å². The third kappa shape index (κ3) is 5.03. The van der Waals surface area contributed by atoms with Crippen LogP contribution in [0.2, 0.25) is 0 Å². The van der Waals surface area contributed by atoms with Gasteiger partial charge in [0.2, 0.25) is 5.69 Å². The average Bonchev–Trinajstić information content (AvgIpc) is 2.69. The van der Waals surface area contributed by atoms with Gasteiger partial charge in [0, 0.05) is 41.8 Å². The summed E-state index contributed by atoms with van der Waals surface area (Å²) in [6.45, 7) is 7.73. The van der Waals surface area contributed by atoms with Crippen LogP contribution in [0.4, 0.5) is 0 Å². The molecule has 2 heteroatoms. The van der Waals surface area contributed by atoms with Gasteiger partial charge in [-0.25, -0.2) is 4.57 Å². The molecule has 3 aromatic rings. The Hall–Kier alpha value is -2.48. The molecule has 27 heavy (non-hydrogen) atoms. The molecule has 0 fully saturated rings. The highest BCUT2D eigenvalue weighted by atomic mass is 14.9. The minimum absolute atomic E-state index is 1.12. The normalized spacial score (nSPS) is 10.9. The first-order valence-electron chi connectivity index (χ1n) is 10.3. The number of aryl methyl sites for hydroxylation is 3. The van der Waals surface area contributed by atoms with E-state index in [4.69, 9.17) is 0 Å². The minimum atomic E-state index is 1.12. The van der Waals surface area contributed by atoms with E-state index in [-0.39, 0.29) is 0 Å². The van der Waals surface area contributed by atoms with Crippen LogP contribution in [-0.2, 0) is 6.54 Å². The van der Waals surface area contributed by atoms with Crippen LogP contribution in [0, 0.1) is 13.8 Å². The van der Waals surface area contributed by atoms with Crippen LogP contribution in [0.1, 0.15) is 50.2 Å². The van der Waals surface area contributed by atoms with Crippen molar-refractivity contribution >= 4 is 0 Å². The fraction of sp³-hybridized carbons (Fsp3) is 0.360. The molecule has 0 unspecified atom stereocenters. The van der Waals surface area contributed by atoms with Crippen LogP contribution in [0.25, 0.3) is 16.8 Å². The summed E-state index contributed by atoms with van der Waals surface area (Å²) in [5.41, 5.74) is 6.40. The highest BCUT2D eigenvalue weighted by Gasteiger charge is 2.13. The molecule has 0 saturated carbocycles. The molecule has 0 spiro atoms. The van der Waals surface area contributed by atoms with Crippen molar-refractivity contribution in [2.24, 2.45) is 0 Å². The smallest absolute Gasteiger partial charge is 0.205 e. The molecular weight excluding hydrogens is 328 g/mol. The molecule has 0 aliphatic rings. The number of hydrogen-bond donors (Lipinski definition) is 0. The maximum Gasteiger partial charge on any atom is 0.213 e. The van der Waals surface area contributed by atoms with Gasteiger partial charge in [-0.2, -0.15) is 4.57 Å². The molecule has 1 aromatic carbocycles. The maximum absolute atomic E-state index is 2.31. The predicted molar refractivity (Wildman–Crippen MR) is 112 cm³/mol. The Morgan fingerprint density at radius 2 is 1.48 bits per heavy atom. The van der Waals surface area contributed by atoms with Crippen LogP contribution >= 0.6 is 0 Å². The van der Waals surface area contributed by atoms with Crippen molar-refractivity contribution in [3.8, 4) is 16.8 Å². The van der Waals surface area contributed by atoms with E-state index < -0.39 is 0 Å². The highest BCUT2D eigenvalue weighted by Crippen LogP contribution is 2.21. The van der Waals surface area contributed by atoms with Crippen LogP contribution in [0.5, 0.6) is 0 Å². The molecule has 0 amide bonds. The van der Waals surface area contributed by atoms with Crippen LogP contribution in [-0.4, -0.2) is 0 Å². The summed E-state index contributed by atoms with van der Waals surface area (Å²) in [6.07, 6.45) is 15.5. The van der Waals surface area contributed by atoms with Gasteiger partial charge in [-0.05, 0) is 31.4 Å². The van der Waals surface area contributed by atoms with Crippen molar-refractivity contribution in [1.82, 2.24) is 0 Å². The number of rotatable bonds is 8. The zero-order valence-corrected chi connectivity index (χ0v) is 17.0. The van der Waals surface area contributed by atoms with Crippen molar-refractivity contribution < 1.29 is 9.13 Å². The maximum atomic E-state index is 2.31. The van der Waals surface area contributed by atoms with Crippen molar-refractivity contribution in [3.63, 3.8) is 0 Å². The van der Waals surface area contributed by atoms with Gasteiger partial charge in [0.15, 0.2) is 24.8 Å². The lowest BCUT2D eigenvalue weighted by Crippen LogP contribution is -2.32. The van der Waals surface area contributed by atoms with Crippen LogP contribution in [0.15, 0.2) is 67.3 Å². The Balaban J connectivity index is 1.70. The average molecular weight is 361 g/mol. The molecule has 2 aromatic heterocycles. The molecule has 0 radical (unpaired) electrons. The Kier molecular flexibility index (Phi) is 6.75. The highest BCUT2D eigenvalue weighted by molar-refractivity contribution is 5.65. The fourth-order valence-corrected chi connectivity index (χ4v) is 3.62. The summed E-state index contributed by atoms with van der Waals surface area (Å²) in [5, 5.41) is 0. The second-order valence-corrected chi connectivity index (χ2v) is 7.47. The standard InChI is InChI=1S/C25H32N2/c1-4-5-6-7-10-16-26-17-13-23(14-18-26)24-15-19-27(20-22(24)3)25-12-9-8-11-21(25)2/h8-9,11-15,17-20H,4-7,10,16H2,1-3H3/q+2. The molecule has 2 nitrogen and oxygen atoms in total. The molecule has 0 aliphatic heterocycles. The monoisotopic (exact) mass is 360 g/mol. The molecular formula is C25H32N2+2. The first-order chi connectivity index (χ1) is 13.2. The summed E-state index contributed by atoms with van der Waals surface area (Å²) in [4.78, 5) is 0. The SMILES string of the molecule is CCCCCCC[n+]1ccc(-c2cc[n+](-c3ccccc3C)cc2C)cc1. The Morgan fingerprint density at radius 3 is 2.19 bits per heavy atom. The minimum Gasteiger partial charge on any atom is -0.205 e. The van der Waals surface area contributed by atoms with Gasteiger partial charge >= 0.3 is 0 Å². The summed E-state index contributed by atoms with van der Waals surface area (Å²) >= 11 is 0. The molecule has 0 bridgehead atoms. The number of pyridine rings is 2. The molecule has 140 valence electrons.